The summed E-state index contributed by atoms with van der Waals surface area (Å²) in [5.41, 5.74) is 1.72. The largest absolute Gasteiger partial charge is 0.345 e. The normalized spacial score (nSPS) is 10.5. The van der Waals surface area contributed by atoms with E-state index in [1.165, 1.54) is 12.1 Å². The lowest BCUT2D eigenvalue weighted by atomic mass is 10.2. The van der Waals surface area contributed by atoms with Gasteiger partial charge in [0.2, 0.25) is 0 Å². The van der Waals surface area contributed by atoms with Crippen LogP contribution in [0.5, 0.6) is 0 Å². The molecular weight excluding hydrogens is 246 g/mol. The molecule has 7 nitrogen and oxygen atoms in total. The number of amides is 1. The number of carbonyl (C=O) groups is 1. The lowest BCUT2D eigenvalue weighted by Crippen LogP contribution is -2.15. The van der Waals surface area contributed by atoms with Crippen molar-refractivity contribution in [2.24, 2.45) is 0 Å². The summed E-state index contributed by atoms with van der Waals surface area (Å²) in [4.78, 5) is 29.8. The van der Waals surface area contributed by atoms with Gasteiger partial charge in [0.05, 0.1) is 17.4 Å². The van der Waals surface area contributed by atoms with Gasteiger partial charge in [-0.05, 0) is 24.3 Å². The Morgan fingerprint density at radius 2 is 2.11 bits per heavy atom. The number of nitrogens with zero attached hydrogens (tertiary/aromatic N) is 2. The first kappa shape index (κ1) is 11.1. The van der Waals surface area contributed by atoms with E-state index in [2.05, 4.69) is 25.5 Å². The molecule has 0 aliphatic heterocycles. The molecule has 0 saturated heterocycles. The third-order valence-corrected chi connectivity index (χ3v) is 2.60. The second-order valence-corrected chi connectivity index (χ2v) is 3.90. The minimum absolute atomic E-state index is 0.286. The minimum Gasteiger partial charge on any atom is -0.345 e. The van der Waals surface area contributed by atoms with Gasteiger partial charge in [-0.25, -0.2) is 10.1 Å². The summed E-state index contributed by atoms with van der Waals surface area (Å²) in [6, 6.07) is 7.85. The summed E-state index contributed by atoms with van der Waals surface area (Å²) in [6.07, 6.45) is 1.57. The molecule has 3 aromatic rings. The van der Waals surface area contributed by atoms with E-state index in [-0.39, 0.29) is 17.3 Å². The quantitative estimate of drug-likeness (QED) is 0.632. The van der Waals surface area contributed by atoms with E-state index >= 15 is 0 Å². The van der Waals surface area contributed by atoms with E-state index in [0.29, 0.717) is 5.56 Å². The van der Waals surface area contributed by atoms with E-state index in [4.69, 9.17) is 0 Å². The molecule has 0 fully saturated rings. The van der Waals surface area contributed by atoms with Crippen molar-refractivity contribution >= 4 is 22.8 Å². The highest BCUT2D eigenvalue weighted by molar-refractivity contribution is 6.05. The molecule has 2 aromatic heterocycles. The van der Waals surface area contributed by atoms with Crippen LogP contribution in [0, 0.1) is 0 Å². The molecule has 0 aliphatic carbocycles. The number of imidazole rings is 1. The molecule has 19 heavy (non-hydrogen) atoms. The van der Waals surface area contributed by atoms with Gasteiger partial charge in [-0.15, -0.1) is 0 Å². The summed E-state index contributed by atoms with van der Waals surface area (Å²) in [7, 11) is 0. The van der Waals surface area contributed by atoms with E-state index in [1.54, 1.807) is 24.5 Å². The summed E-state index contributed by atoms with van der Waals surface area (Å²) < 4.78 is 0. The van der Waals surface area contributed by atoms with Crippen LogP contribution in [0.2, 0.25) is 0 Å². The van der Waals surface area contributed by atoms with Crippen molar-refractivity contribution in [2.45, 2.75) is 0 Å². The van der Waals surface area contributed by atoms with E-state index < -0.39 is 0 Å². The number of fused-ring (bicyclic) bond motifs is 1. The standard InChI is InChI=1S/C12H9N5O2/c18-11-4-3-10(16-17-11)15-12(19)7-1-2-8-9(5-7)14-6-13-8/h1-6H,(H,13,14)(H,17,18)(H,15,16,19). The molecule has 94 valence electrons. The first-order chi connectivity index (χ1) is 9.22. The van der Waals surface area contributed by atoms with Crippen LogP contribution in [-0.2, 0) is 0 Å². The second kappa shape index (κ2) is 4.37. The highest BCUT2D eigenvalue weighted by atomic mass is 16.2. The van der Waals surface area contributed by atoms with Gasteiger partial charge >= 0.3 is 0 Å². The average molecular weight is 255 g/mol. The number of rotatable bonds is 2. The lowest BCUT2D eigenvalue weighted by molar-refractivity contribution is 0.102. The Hall–Kier alpha value is -2.96. The number of aromatic nitrogens is 4. The van der Waals surface area contributed by atoms with Crippen LogP contribution in [0.3, 0.4) is 0 Å². The van der Waals surface area contributed by atoms with Crippen molar-refractivity contribution in [2.75, 3.05) is 5.32 Å². The van der Waals surface area contributed by atoms with Crippen LogP contribution in [-0.4, -0.2) is 26.1 Å². The highest BCUT2D eigenvalue weighted by Gasteiger charge is 2.08. The van der Waals surface area contributed by atoms with Crippen LogP contribution < -0.4 is 10.9 Å². The first-order valence-corrected chi connectivity index (χ1v) is 5.52. The molecule has 1 amide bonds. The van der Waals surface area contributed by atoms with Crippen molar-refractivity contribution < 1.29 is 4.79 Å². The number of aromatic amines is 2. The van der Waals surface area contributed by atoms with Gasteiger partial charge in [-0.2, -0.15) is 5.10 Å². The predicted molar refractivity (Wildman–Crippen MR) is 68.9 cm³/mol. The number of nitrogens with one attached hydrogen (secondary N) is 3. The fourth-order valence-corrected chi connectivity index (χ4v) is 1.68. The lowest BCUT2D eigenvalue weighted by Gasteiger charge is -2.03. The second-order valence-electron chi connectivity index (χ2n) is 3.90. The number of H-pyrrole nitrogens is 2. The fraction of sp³-hybridized carbons (Fsp3) is 0. The fourth-order valence-electron chi connectivity index (χ4n) is 1.68. The van der Waals surface area contributed by atoms with Crippen LogP contribution in [0.4, 0.5) is 5.82 Å². The van der Waals surface area contributed by atoms with E-state index in [0.717, 1.165) is 11.0 Å². The minimum atomic E-state index is -0.322. The molecule has 0 radical (unpaired) electrons. The Balaban J connectivity index is 1.86. The summed E-state index contributed by atoms with van der Waals surface area (Å²) >= 11 is 0. The van der Waals surface area contributed by atoms with Crippen LogP contribution in [0.1, 0.15) is 10.4 Å². The Morgan fingerprint density at radius 1 is 1.21 bits per heavy atom. The first-order valence-electron chi connectivity index (χ1n) is 5.52. The molecule has 1 aromatic carbocycles. The number of hydrogen-bond acceptors (Lipinski definition) is 4. The van der Waals surface area contributed by atoms with E-state index in [1.807, 2.05) is 0 Å². The Bertz CT molecular complexity index is 784. The van der Waals surface area contributed by atoms with Crippen molar-refractivity contribution in [3.05, 3.63) is 52.6 Å². The third kappa shape index (κ3) is 2.21. The maximum absolute atomic E-state index is 12.0. The van der Waals surface area contributed by atoms with Gasteiger partial charge in [0.15, 0.2) is 5.82 Å². The van der Waals surface area contributed by atoms with Crippen molar-refractivity contribution in [1.29, 1.82) is 0 Å². The molecule has 0 saturated carbocycles. The molecule has 0 unspecified atom stereocenters. The highest BCUT2D eigenvalue weighted by Crippen LogP contribution is 2.12. The molecule has 0 spiro atoms. The smallest absolute Gasteiger partial charge is 0.264 e. The molecular formula is C12H9N5O2. The van der Waals surface area contributed by atoms with Gasteiger partial charge in [0.25, 0.3) is 11.5 Å². The van der Waals surface area contributed by atoms with Crippen LogP contribution >= 0.6 is 0 Å². The SMILES string of the molecule is O=C(Nc1ccc(=O)[nH]n1)c1ccc2nc[nH]c2c1. The molecule has 0 aliphatic rings. The summed E-state index contributed by atoms with van der Waals surface area (Å²) in [5.74, 6) is -0.0228. The van der Waals surface area contributed by atoms with Crippen molar-refractivity contribution in [3.63, 3.8) is 0 Å². The molecule has 3 rings (SSSR count). The maximum atomic E-state index is 12.0. The molecule has 7 heteroatoms. The van der Waals surface area contributed by atoms with E-state index in [9.17, 15) is 9.59 Å². The number of hydrogen-bond donors (Lipinski definition) is 3. The zero-order valence-corrected chi connectivity index (χ0v) is 9.68. The zero-order chi connectivity index (χ0) is 13.2. The maximum Gasteiger partial charge on any atom is 0.264 e. The Labute approximate surface area is 106 Å². The molecule has 3 N–H and O–H groups in total. The summed E-state index contributed by atoms with van der Waals surface area (Å²) in [6.45, 7) is 0. The van der Waals surface area contributed by atoms with Crippen LogP contribution in [0.15, 0.2) is 41.5 Å². The number of anilines is 1. The van der Waals surface area contributed by atoms with Gasteiger partial charge in [-0.3, -0.25) is 9.59 Å². The van der Waals surface area contributed by atoms with Gasteiger partial charge in [0, 0.05) is 11.6 Å². The molecule has 2 heterocycles. The van der Waals surface area contributed by atoms with Crippen molar-refractivity contribution in [3.8, 4) is 0 Å². The Kier molecular flexibility index (Phi) is 2.57. The number of carbonyl (C=O) groups excluding carboxylic acids is 1. The third-order valence-electron chi connectivity index (χ3n) is 2.60. The number of benzene rings is 1. The van der Waals surface area contributed by atoms with Gasteiger partial charge < -0.3 is 10.3 Å². The predicted octanol–water partition coefficient (Wildman–Crippen LogP) is 0.899. The monoisotopic (exact) mass is 255 g/mol. The molecule has 0 atom stereocenters. The topological polar surface area (TPSA) is 104 Å². The van der Waals surface area contributed by atoms with Crippen LogP contribution in [0.25, 0.3) is 11.0 Å². The summed E-state index contributed by atoms with van der Waals surface area (Å²) in [5, 5.41) is 8.54. The molecule has 0 bridgehead atoms. The zero-order valence-electron chi connectivity index (χ0n) is 9.68. The van der Waals surface area contributed by atoms with Gasteiger partial charge in [-0.1, -0.05) is 0 Å². The van der Waals surface area contributed by atoms with Crippen molar-refractivity contribution in [1.82, 2.24) is 20.2 Å². The van der Waals surface area contributed by atoms with Gasteiger partial charge in [0.1, 0.15) is 0 Å². The average Bonchev–Trinajstić information content (AvgIpc) is 2.88. The Morgan fingerprint density at radius 3 is 2.89 bits per heavy atom.